The Morgan fingerprint density at radius 3 is 2.20 bits per heavy atom. The molecule has 2 aromatic carbocycles. The Kier molecular flexibility index (Phi) is 5.59. The maximum Gasteiger partial charge on any atom is 0.325 e. The normalized spacial score (nSPS) is 21.0. The molecule has 154 valence electrons. The SMILES string of the molecule is CCOC(=O)CN1C(=O)C(N2C(=O)c3ccccc3C2=O)CS[C@@H]1c1ccccc1. The minimum absolute atomic E-state index is 0.200. The van der Waals surface area contributed by atoms with Gasteiger partial charge >= 0.3 is 5.97 Å². The fourth-order valence-corrected chi connectivity index (χ4v) is 5.09. The van der Waals surface area contributed by atoms with Gasteiger partial charge in [0.1, 0.15) is 18.0 Å². The van der Waals surface area contributed by atoms with Gasteiger partial charge < -0.3 is 9.64 Å². The third kappa shape index (κ3) is 3.47. The second kappa shape index (κ2) is 8.31. The molecule has 4 rings (SSSR count). The summed E-state index contributed by atoms with van der Waals surface area (Å²) in [6.45, 7) is 1.64. The van der Waals surface area contributed by atoms with Crippen molar-refractivity contribution < 1.29 is 23.9 Å². The van der Waals surface area contributed by atoms with E-state index in [2.05, 4.69) is 0 Å². The zero-order valence-electron chi connectivity index (χ0n) is 16.3. The van der Waals surface area contributed by atoms with Crippen LogP contribution in [-0.4, -0.2) is 58.4 Å². The average Bonchev–Trinajstić information content (AvgIpc) is 3.01. The summed E-state index contributed by atoms with van der Waals surface area (Å²) in [6, 6.07) is 14.9. The molecule has 0 aliphatic carbocycles. The lowest BCUT2D eigenvalue weighted by Crippen LogP contribution is -2.56. The predicted octanol–water partition coefficient (Wildman–Crippen LogP) is 2.49. The number of carbonyl (C=O) groups is 4. The van der Waals surface area contributed by atoms with E-state index in [-0.39, 0.29) is 18.9 Å². The van der Waals surface area contributed by atoms with E-state index in [1.807, 2.05) is 30.3 Å². The standard InChI is InChI=1S/C22H20N2O5S/c1-2-29-18(25)12-23-21(28)17(13-30-22(23)14-8-4-3-5-9-14)24-19(26)15-10-6-7-11-16(15)20(24)27/h3-11,17,22H,2,12-13H2,1H3/t17?,22-/m1/s1. The van der Waals surface area contributed by atoms with Crippen molar-refractivity contribution in [3.05, 3.63) is 71.3 Å². The molecule has 2 atom stereocenters. The average molecular weight is 424 g/mol. The number of thioether (sulfide) groups is 1. The smallest absolute Gasteiger partial charge is 0.325 e. The largest absolute Gasteiger partial charge is 0.465 e. The van der Waals surface area contributed by atoms with Crippen LogP contribution < -0.4 is 0 Å². The second-order valence-electron chi connectivity index (χ2n) is 6.91. The van der Waals surface area contributed by atoms with Crippen LogP contribution in [0.2, 0.25) is 0 Å². The summed E-state index contributed by atoms with van der Waals surface area (Å²) >= 11 is 1.42. The molecule has 1 fully saturated rings. The summed E-state index contributed by atoms with van der Waals surface area (Å²) in [7, 11) is 0. The maximum atomic E-state index is 13.4. The van der Waals surface area contributed by atoms with Gasteiger partial charge in [0.05, 0.1) is 17.7 Å². The second-order valence-corrected chi connectivity index (χ2v) is 8.02. The number of hydrogen-bond acceptors (Lipinski definition) is 6. The van der Waals surface area contributed by atoms with Crippen LogP contribution in [0.1, 0.15) is 38.6 Å². The molecule has 7 nitrogen and oxygen atoms in total. The highest BCUT2D eigenvalue weighted by atomic mass is 32.2. The van der Waals surface area contributed by atoms with Crippen LogP contribution in [0.15, 0.2) is 54.6 Å². The molecule has 30 heavy (non-hydrogen) atoms. The van der Waals surface area contributed by atoms with Crippen LogP contribution in [0.3, 0.4) is 0 Å². The molecular formula is C22H20N2O5S. The summed E-state index contributed by atoms with van der Waals surface area (Å²) in [5, 5.41) is -0.408. The fraction of sp³-hybridized carbons (Fsp3) is 0.273. The Hall–Kier alpha value is -3.13. The highest BCUT2D eigenvalue weighted by Crippen LogP contribution is 2.40. The number of hydrogen-bond donors (Lipinski definition) is 0. The van der Waals surface area contributed by atoms with Crippen molar-refractivity contribution in [1.29, 1.82) is 0 Å². The lowest BCUT2D eigenvalue weighted by molar-refractivity contribution is -0.150. The number of esters is 1. The van der Waals surface area contributed by atoms with Crippen LogP contribution in [0.25, 0.3) is 0 Å². The van der Waals surface area contributed by atoms with Gasteiger partial charge in [-0.05, 0) is 24.6 Å². The Morgan fingerprint density at radius 1 is 1.00 bits per heavy atom. The first-order valence-corrected chi connectivity index (χ1v) is 10.7. The number of nitrogens with zero attached hydrogens (tertiary/aromatic N) is 2. The number of benzene rings is 2. The molecule has 8 heteroatoms. The predicted molar refractivity (Wildman–Crippen MR) is 111 cm³/mol. The van der Waals surface area contributed by atoms with E-state index >= 15 is 0 Å². The van der Waals surface area contributed by atoms with Gasteiger partial charge in [-0.1, -0.05) is 42.5 Å². The quantitative estimate of drug-likeness (QED) is 0.542. The molecule has 1 saturated heterocycles. The fourth-order valence-electron chi connectivity index (χ4n) is 3.73. The van der Waals surface area contributed by atoms with E-state index in [9.17, 15) is 19.2 Å². The van der Waals surface area contributed by atoms with Gasteiger partial charge in [-0.25, -0.2) is 0 Å². The van der Waals surface area contributed by atoms with Crippen molar-refractivity contribution in [1.82, 2.24) is 9.80 Å². The molecule has 2 aliphatic rings. The van der Waals surface area contributed by atoms with E-state index in [1.54, 1.807) is 31.2 Å². The first-order valence-electron chi connectivity index (χ1n) is 9.62. The Morgan fingerprint density at radius 2 is 1.60 bits per heavy atom. The van der Waals surface area contributed by atoms with E-state index in [1.165, 1.54) is 16.7 Å². The van der Waals surface area contributed by atoms with Crippen molar-refractivity contribution in [2.24, 2.45) is 0 Å². The number of amides is 3. The third-order valence-corrected chi connectivity index (χ3v) is 6.44. The van der Waals surface area contributed by atoms with Gasteiger partial charge in [0.15, 0.2) is 0 Å². The van der Waals surface area contributed by atoms with Crippen LogP contribution in [-0.2, 0) is 14.3 Å². The van der Waals surface area contributed by atoms with Gasteiger partial charge in [-0.15, -0.1) is 11.8 Å². The minimum atomic E-state index is -0.975. The summed E-state index contributed by atoms with van der Waals surface area (Å²) in [5.74, 6) is -1.68. The first kappa shape index (κ1) is 20.2. The van der Waals surface area contributed by atoms with Crippen molar-refractivity contribution in [2.75, 3.05) is 18.9 Å². The Labute approximate surface area is 178 Å². The van der Waals surface area contributed by atoms with E-state index in [0.717, 1.165) is 10.5 Å². The lowest BCUT2D eigenvalue weighted by Gasteiger charge is -2.40. The molecule has 2 heterocycles. The highest BCUT2D eigenvalue weighted by molar-refractivity contribution is 7.99. The van der Waals surface area contributed by atoms with Crippen molar-refractivity contribution in [3.63, 3.8) is 0 Å². The van der Waals surface area contributed by atoms with Crippen molar-refractivity contribution in [2.45, 2.75) is 18.3 Å². The lowest BCUT2D eigenvalue weighted by atomic mass is 10.1. The molecule has 3 amide bonds. The number of rotatable bonds is 5. The summed E-state index contributed by atoms with van der Waals surface area (Å²) < 4.78 is 5.04. The van der Waals surface area contributed by atoms with Crippen LogP contribution in [0.4, 0.5) is 0 Å². The molecule has 1 unspecified atom stereocenters. The van der Waals surface area contributed by atoms with Crippen LogP contribution in [0.5, 0.6) is 0 Å². The Balaban J connectivity index is 1.65. The van der Waals surface area contributed by atoms with Gasteiger partial charge in [0, 0.05) is 5.75 Å². The molecule has 0 bridgehead atoms. The number of imide groups is 1. The van der Waals surface area contributed by atoms with Gasteiger partial charge in [0.25, 0.3) is 11.8 Å². The maximum absolute atomic E-state index is 13.4. The molecule has 2 aliphatic heterocycles. The highest BCUT2D eigenvalue weighted by Gasteiger charge is 2.48. The Bertz CT molecular complexity index is 975. The molecular weight excluding hydrogens is 404 g/mol. The van der Waals surface area contributed by atoms with E-state index in [4.69, 9.17) is 4.74 Å². The third-order valence-electron chi connectivity index (χ3n) is 5.09. The number of fused-ring (bicyclic) bond motifs is 1. The zero-order valence-corrected chi connectivity index (χ0v) is 17.1. The van der Waals surface area contributed by atoms with Gasteiger partial charge in [-0.2, -0.15) is 0 Å². The first-order chi connectivity index (χ1) is 14.5. The molecule has 2 aromatic rings. The molecule has 0 saturated carbocycles. The molecule has 0 radical (unpaired) electrons. The number of carbonyl (C=O) groups excluding carboxylic acids is 4. The molecule has 0 N–H and O–H groups in total. The zero-order chi connectivity index (χ0) is 21.3. The summed E-state index contributed by atoms with van der Waals surface area (Å²) in [4.78, 5) is 53.8. The van der Waals surface area contributed by atoms with Gasteiger partial charge in [-0.3, -0.25) is 24.1 Å². The van der Waals surface area contributed by atoms with E-state index in [0.29, 0.717) is 11.1 Å². The van der Waals surface area contributed by atoms with Crippen molar-refractivity contribution in [3.8, 4) is 0 Å². The monoisotopic (exact) mass is 424 g/mol. The van der Waals surface area contributed by atoms with Crippen molar-refractivity contribution >= 4 is 35.5 Å². The van der Waals surface area contributed by atoms with Crippen LogP contribution >= 0.6 is 11.8 Å². The topological polar surface area (TPSA) is 84.0 Å². The van der Waals surface area contributed by atoms with Gasteiger partial charge in [0.2, 0.25) is 5.91 Å². The summed E-state index contributed by atoms with van der Waals surface area (Å²) in [6.07, 6.45) is 0. The molecule has 0 spiro atoms. The minimum Gasteiger partial charge on any atom is -0.465 e. The molecule has 0 aromatic heterocycles. The summed E-state index contributed by atoms with van der Waals surface area (Å²) in [5.41, 5.74) is 1.45. The van der Waals surface area contributed by atoms with E-state index < -0.39 is 35.1 Å². The van der Waals surface area contributed by atoms with Crippen LogP contribution in [0, 0.1) is 0 Å². The number of ether oxygens (including phenoxy) is 1.